The number of benzene rings is 3. The van der Waals surface area contributed by atoms with Gasteiger partial charge in [-0.05, 0) is 78.9 Å². The number of aryl methyl sites for hydroxylation is 2. The number of halogens is 2. The molecular formula is C27H26Cl2N2O3S. The molecule has 1 amide bonds. The SMILES string of the molecule is CCCCc1ccc(S(=O)(=O)NC(=O)c2ccc3[nH]c(C)c(Cc4ccc(Cl)cc4Cl)c3c2)cc1. The number of amides is 1. The van der Waals surface area contributed by atoms with E-state index in [2.05, 4.69) is 16.6 Å². The van der Waals surface area contributed by atoms with Crippen molar-refractivity contribution in [1.82, 2.24) is 9.71 Å². The van der Waals surface area contributed by atoms with Crippen LogP contribution in [0.15, 0.2) is 65.6 Å². The Morgan fingerprint density at radius 3 is 2.43 bits per heavy atom. The number of carbonyl (C=O) groups excluding carboxylic acids is 1. The molecule has 5 nitrogen and oxygen atoms in total. The highest BCUT2D eigenvalue weighted by Crippen LogP contribution is 2.29. The van der Waals surface area contributed by atoms with Gasteiger partial charge in [0.1, 0.15) is 0 Å². The van der Waals surface area contributed by atoms with Gasteiger partial charge >= 0.3 is 0 Å². The van der Waals surface area contributed by atoms with E-state index < -0.39 is 15.9 Å². The standard InChI is InChI=1S/C27H26Cl2N2O3S/c1-3-4-5-18-6-11-22(12-7-18)35(33,34)31-27(32)20-9-13-26-24(15-20)23(17(2)30-26)14-19-8-10-21(28)16-25(19)29/h6-13,15-16,30H,3-5,14H2,1-2H3,(H,31,32). The van der Waals surface area contributed by atoms with Gasteiger partial charge in [-0.2, -0.15) is 0 Å². The summed E-state index contributed by atoms with van der Waals surface area (Å²) in [7, 11) is -4.00. The Hall–Kier alpha value is -2.80. The van der Waals surface area contributed by atoms with Crippen LogP contribution in [0.1, 0.15) is 52.5 Å². The van der Waals surface area contributed by atoms with Gasteiger partial charge in [-0.25, -0.2) is 13.1 Å². The van der Waals surface area contributed by atoms with E-state index in [1.54, 1.807) is 42.5 Å². The van der Waals surface area contributed by atoms with E-state index in [1.807, 2.05) is 13.0 Å². The summed E-state index contributed by atoms with van der Waals surface area (Å²) in [4.78, 5) is 16.3. The van der Waals surface area contributed by atoms with Crippen molar-refractivity contribution in [1.29, 1.82) is 0 Å². The molecule has 0 radical (unpaired) electrons. The van der Waals surface area contributed by atoms with Crippen LogP contribution >= 0.6 is 23.2 Å². The second-order valence-electron chi connectivity index (χ2n) is 8.58. The molecule has 0 spiro atoms. The summed E-state index contributed by atoms with van der Waals surface area (Å²) in [6.45, 7) is 4.06. The molecule has 4 aromatic rings. The Bertz CT molecular complexity index is 1490. The van der Waals surface area contributed by atoms with Gasteiger partial charge in [0.25, 0.3) is 15.9 Å². The van der Waals surface area contributed by atoms with Crippen LogP contribution in [-0.4, -0.2) is 19.3 Å². The number of aromatic nitrogens is 1. The van der Waals surface area contributed by atoms with Crippen molar-refractivity contribution in [2.75, 3.05) is 0 Å². The van der Waals surface area contributed by atoms with Crippen LogP contribution in [0.2, 0.25) is 10.0 Å². The summed E-state index contributed by atoms with van der Waals surface area (Å²) in [6.07, 6.45) is 3.53. The summed E-state index contributed by atoms with van der Waals surface area (Å²) in [6, 6.07) is 17.1. The highest BCUT2D eigenvalue weighted by molar-refractivity contribution is 7.90. The molecule has 2 N–H and O–H groups in total. The second-order valence-corrected chi connectivity index (χ2v) is 11.1. The first-order chi connectivity index (χ1) is 16.7. The average molecular weight is 529 g/mol. The number of rotatable bonds is 8. The summed E-state index contributed by atoms with van der Waals surface area (Å²) in [5.74, 6) is -0.684. The quantitative estimate of drug-likeness (QED) is 0.263. The van der Waals surface area contributed by atoms with E-state index in [-0.39, 0.29) is 10.5 Å². The first-order valence-electron chi connectivity index (χ1n) is 11.4. The van der Waals surface area contributed by atoms with Crippen LogP contribution in [0, 0.1) is 6.92 Å². The van der Waals surface area contributed by atoms with Crippen molar-refractivity contribution >= 4 is 50.0 Å². The van der Waals surface area contributed by atoms with Crippen LogP contribution in [0.4, 0.5) is 0 Å². The zero-order chi connectivity index (χ0) is 25.2. The van der Waals surface area contributed by atoms with Crippen LogP contribution in [0.5, 0.6) is 0 Å². The molecule has 1 aromatic heterocycles. The zero-order valence-corrected chi connectivity index (χ0v) is 21.8. The van der Waals surface area contributed by atoms with E-state index >= 15 is 0 Å². The van der Waals surface area contributed by atoms with Crippen LogP contribution in [0.3, 0.4) is 0 Å². The minimum Gasteiger partial charge on any atom is -0.358 e. The lowest BCUT2D eigenvalue weighted by Crippen LogP contribution is -2.30. The molecule has 3 aromatic carbocycles. The average Bonchev–Trinajstić information content (AvgIpc) is 3.13. The number of unbranched alkanes of at least 4 members (excludes halogenated alkanes) is 1. The van der Waals surface area contributed by atoms with Crippen molar-refractivity contribution in [2.24, 2.45) is 0 Å². The first kappa shape index (κ1) is 25.3. The molecule has 0 fully saturated rings. The van der Waals surface area contributed by atoms with Gasteiger partial charge in [-0.3, -0.25) is 4.79 Å². The maximum absolute atomic E-state index is 12.9. The zero-order valence-electron chi connectivity index (χ0n) is 19.5. The van der Waals surface area contributed by atoms with E-state index in [1.165, 1.54) is 12.1 Å². The number of sulfonamides is 1. The van der Waals surface area contributed by atoms with E-state index in [0.717, 1.165) is 52.5 Å². The molecule has 4 rings (SSSR count). The Balaban J connectivity index is 1.58. The lowest BCUT2D eigenvalue weighted by Gasteiger charge is -2.09. The molecule has 0 aliphatic rings. The topological polar surface area (TPSA) is 79.0 Å². The van der Waals surface area contributed by atoms with Gasteiger partial charge in [0, 0.05) is 38.6 Å². The number of hydrogen-bond acceptors (Lipinski definition) is 3. The number of carbonyl (C=O) groups is 1. The minimum atomic E-state index is -4.00. The second kappa shape index (κ2) is 10.4. The molecule has 0 saturated heterocycles. The molecule has 0 bridgehead atoms. The predicted octanol–water partition coefficient (Wildman–Crippen LogP) is 6.84. The van der Waals surface area contributed by atoms with Crippen molar-refractivity contribution in [3.63, 3.8) is 0 Å². The lowest BCUT2D eigenvalue weighted by molar-refractivity contribution is 0.0981. The fourth-order valence-corrected chi connectivity index (χ4v) is 5.51. The first-order valence-corrected chi connectivity index (χ1v) is 13.6. The van der Waals surface area contributed by atoms with E-state index in [4.69, 9.17) is 23.2 Å². The molecule has 0 unspecified atom stereocenters. The number of hydrogen-bond donors (Lipinski definition) is 2. The molecule has 0 aliphatic carbocycles. The van der Waals surface area contributed by atoms with Crippen LogP contribution in [-0.2, 0) is 22.9 Å². The van der Waals surface area contributed by atoms with Crippen molar-refractivity contribution in [2.45, 2.75) is 44.4 Å². The lowest BCUT2D eigenvalue weighted by atomic mass is 10.0. The molecule has 1 heterocycles. The third-order valence-electron chi connectivity index (χ3n) is 6.04. The number of nitrogens with one attached hydrogen (secondary N) is 2. The van der Waals surface area contributed by atoms with Gasteiger partial charge in [0.15, 0.2) is 0 Å². The third-order valence-corrected chi connectivity index (χ3v) is 7.98. The monoisotopic (exact) mass is 528 g/mol. The summed E-state index contributed by atoms with van der Waals surface area (Å²) >= 11 is 12.4. The molecule has 0 atom stereocenters. The Morgan fingerprint density at radius 1 is 1.00 bits per heavy atom. The Morgan fingerprint density at radius 2 is 1.74 bits per heavy atom. The molecule has 35 heavy (non-hydrogen) atoms. The summed E-state index contributed by atoms with van der Waals surface area (Å²) in [5.41, 5.74) is 5.00. The third kappa shape index (κ3) is 5.72. The molecule has 182 valence electrons. The fraction of sp³-hybridized carbons (Fsp3) is 0.222. The van der Waals surface area contributed by atoms with Gasteiger partial charge in [-0.15, -0.1) is 0 Å². The predicted molar refractivity (Wildman–Crippen MR) is 142 cm³/mol. The number of aromatic amines is 1. The van der Waals surface area contributed by atoms with Crippen molar-refractivity contribution in [3.8, 4) is 0 Å². The molecule has 8 heteroatoms. The molecular weight excluding hydrogens is 503 g/mol. The highest BCUT2D eigenvalue weighted by Gasteiger charge is 2.20. The maximum Gasteiger partial charge on any atom is 0.265 e. The number of H-pyrrole nitrogens is 1. The highest BCUT2D eigenvalue weighted by atomic mass is 35.5. The summed E-state index contributed by atoms with van der Waals surface area (Å²) in [5, 5.41) is 1.95. The van der Waals surface area contributed by atoms with E-state index in [0.29, 0.717) is 16.5 Å². The Labute approximate surface area is 215 Å². The largest absolute Gasteiger partial charge is 0.358 e. The Kier molecular flexibility index (Phi) is 7.55. The van der Waals surface area contributed by atoms with Gasteiger partial charge in [0.05, 0.1) is 4.90 Å². The van der Waals surface area contributed by atoms with Crippen molar-refractivity contribution < 1.29 is 13.2 Å². The molecule has 0 saturated carbocycles. The van der Waals surface area contributed by atoms with E-state index in [9.17, 15) is 13.2 Å². The fourth-order valence-electron chi connectivity index (χ4n) is 4.06. The van der Waals surface area contributed by atoms with Gasteiger partial charge in [-0.1, -0.05) is 54.7 Å². The van der Waals surface area contributed by atoms with Crippen LogP contribution < -0.4 is 4.72 Å². The summed E-state index contributed by atoms with van der Waals surface area (Å²) < 4.78 is 27.8. The van der Waals surface area contributed by atoms with Crippen LogP contribution in [0.25, 0.3) is 10.9 Å². The molecule has 0 aliphatic heterocycles. The minimum absolute atomic E-state index is 0.0581. The van der Waals surface area contributed by atoms with Gasteiger partial charge < -0.3 is 4.98 Å². The number of fused-ring (bicyclic) bond motifs is 1. The van der Waals surface area contributed by atoms with Gasteiger partial charge in [0.2, 0.25) is 0 Å². The van der Waals surface area contributed by atoms with Crippen molar-refractivity contribution in [3.05, 3.63) is 98.7 Å². The maximum atomic E-state index is 12.9. The smallest absolute Gasteiger partial charge is 0.265 e. The normalized spacial score (nSPS) is 11.7.